The molecule has 2 nitrogen and oxygen atoms in total. The van der Waals surface area contributed by atoms with Crippen LogP contribution in [0.2, 0.25) is 0 Å². The van der Waals surface area contributed by atoms with Crippen molar-refractivity contribution >= 4 is 0 Å². The van der Waals surface area contributed by atoms with E-state index in [0.717, 1.165) is 0 Å². The molecule has 17 heavy (non-hydrogen) atoms. The van der Waals surface area contributed by atoms with Crippen LogP contribution in [-0.4, -0.2) is 24.7 Å². The number of benzene rings is 1. The van der Waals surface area contributed by atoms with E-state index in [2.05, 4.69) is 16.6 Å². The summed E-state index contributed by atoms with van der Waals surface area (Å²) in [5, 5.41) is 8.46. The van der Waals surface area contributed by atoms with E-state index in [1.165, 1.54) is 18.2 Å². The maximum Gasteiger partial charge on any atom is 0.261 e. The van der Waals surface area contributed by atoms with Crippen molar-refractivity contribution in [1.82, 2.24) is 0 Å². The lowest BCUT2D eigenvalue weighted by Crippen LogP contribution is -2.05. The molecule has 0 aliphatic carbocycles. The van der Waals surface area contributed by atoms with Gasteiger partial charge in [-0.2, -0.15) is 0 Å². The highest BCUT2D eigenvalue weighted by atomic mass is 19.3. The number of aliphatic hydroxyl groups is 1. The van der Waals surface area contributed by atoms with Crippen molar-refractivity contribution in [1.29, 1.82) is 0 Å². The molecule has 0 atom stereocenters. The lowest BCUT2D eigenvalue weighted by molar-refractivity contribution is 0.00901. The summed E-state index contributed by atoms with van der Waals surface area (Å²) in [4.78, 5) is 0. The van der Waals surface area contributed by atoms with E-state index >= 15 is 0 Å². The molecule has 1 N–H and O–H groups in total. The Labute approximate surface area is 97.0 Å². The van der Waals surface area contributed by atoms with Crippen LogP contribution in [0.3, 0.4) is 0 Å². The first kappa shape index (κ1) is 13.6. The van der Waals surface area contributed by atoms with Gasteiger partial charge in [0.05, 0.1) is 6.61 Å². The molecule has 0 amide bonds. The number of aliphatic hydroxyl groups excluding tert-OH is 1. The van der Waals surface area contributed by atoms with Crippen molar-refractivity contribution in [2.24, 2.45) is 0 Å². The topological polar surface area (TPSA) is 29.5 Å². The third-order valence-corrected chi connectivity index (χ3v) is 1.87. The molecule has 0 fully saturated rings. The molecule has 1 aromatic carbocycles. The molecule has 5 heteroatoms. The molecule has 0 radical (unpaired) electrons. The van der Waals surface area contributed by atoms with Gasteiger partial charge in [-0.25, -0.2) is 13.2 Å². The van der Waals surface area contributed by atoms with Gasteiger partial charge >= 0.3 is 0 Å². The maximum absolute atomic E-state index is 13.4. The molecule has 0 bridgehead atoms. The maximum atomic E-state index is 13.4. The molecular weight excluding hydrogens is 233 g/mol. The Balaban J connectivity index is 2.63. The van der Waals surface area contributed by atoms with E-state index in [1.54, 1.807) is 0 Å². The third kappa shape index (κ3) is 4.89. The molecule has 0 spiro atoms. The predicted molar refractivity (Wildman–Crippen MR) is 56.0 cm³/mol. The van der Waals surface area contributed by atoms with Crippen LogP contribution in [0, 0.1) is 17.7 Å². The predicted octanol–water partition coefficient (Wildman–Crippen LogP) is 1.95. The Kier molecular flexibility index (Phi) is 5.53. The summed E-state index contributed by atoms with van der Waals surface area (Å²) in [6.07, 6.45) is -2.56. The zero-order valence-electron chi connectivity index (χ0n) is 8.92. The first-order valence-electron chi connectivity index (χ1n) is 4.87. The minimum Gasteiger partial charge on any atom is -0.384 e. The molecular formula is C12H11F3O2. The second-order valence-electron chi connectivity index (χ2n) is 3.17. The molecule has 1 rings (SSSR count). The number of ether oxygens (including phenoxy) is 1. The second kappa shape index (κ2) is 6.94. The van der Waals surface area contributed by atoms with Gasteiger partial charge in [-0.05, 0) is 12.1 Å². The fraction of sp³-hybridized carbons (Fsp3) is 0.333. The van der Waals surface area contributed by atoms with Crippen LogP contribution in [0.5, 0.6) is 0 Å². The molecule has 0 aliphatic heterocycles. The van der Waals surface area contributed by atoms with Gasteiger partial charge in [0.15, 0.2) is 0 Å². The molecule has 1 aromatic rings. The van der Waals surface area contributed by atoms with Gasteiger partial charge in [-0.1, -0.05) is 17.9 Å². The smallest absolute Gasteiger partial charge is 0.261 e. The van der Waals surface area contributed by atoms with Crippen LogP contribution in [0.1, 0.15) is 11.1 Å². The summed E-state index contributed by atoms with van der Waals surface area (Å²) in [5.74, 6) is 4.35. The van der Waals surface area contributed by atoms with Gasteiger partial charge in [-0.3, -0.25) is 0 Å². The van der Waals surface area contributed by atoms with E-state index in [-0.39, 0.29) is 18.8 Å². The Morgan fingerprint density at radius 3 is 2.71 bits per heavy atom. The van der Waals surface area contributed by atoms with Gasteiger partial charge in [0, 0.05) is 11.1 Å². The van der Waals surface area contributed by atoms with Crippen molar-refractivity contribution in [2.75, 3.05) is 13.2 Å². The fourth-order valence-corrected chi connectivity index (χ4v) is 1.14. The summed E-state index contributed by atoms with van der Waals surface area (Å²) in [5.41, 5.74) is 0.606. The molecule has 0 unspecified atom stereocenters. The molecule has 0 aliphatic rings. The zero-order chi connectivity index (χ0) is 12.7. The van der Waals surface area contributed by atoms with Crippen LogP contribution in [0.25, 0.3) is 0 Å². The monoisotopic (exact) mass is 244 g/mol. The van der Waals surface area contributed by atoms with Gasteiger partial charge in [0.1, 0.15) is 19.0 Å². The highest BCUT2D eigenvalue weighted by Crippen LogP contribution is 2.11. The Morgan fingerprint density at radius 1 is 1.35 bits per heavy atom. The lowest BCUT2D eigenvalue weighted by Gasteiger charge is -2.05. The summed E-state index contributed by atoms with van der Waals surface area (Å²) in [7, 11) is 0. The fourth-order valence-electron chi connectivity index (χ4n) is 1.14. The quantitative estimate of drug-likeness (QED) is 0.820. The number of hydrogen-bond donors (Lipinski definition) is 1. The van der Waals surface area contributed by atoms with E-state index in [1.807, 2.05) is 0 Å². The van der Waals surface area contributed by atoms with Crippen molar-refractivity contribution in [3.63, 3.8) is 0 Å². The van der Waals surface area contributed by atoms with E-state index in [0.29, 0.717) is 5.56 Å². The average molecular weight is 244 g/mol. The minimum absolute atomic E-state index is 0.195. The molecule has 0 saturated heterocycles. The normalized spacial score (nSPS) is 10.2. The van der Waals surface area contributed by atoms with Gasteiger partial charge in [-0.15, -0.1) is 0 Å². The minimum atomic E-state index is -2.56. The SMILES string of the molecule is OCC#Cc1ccc(COCC(F)F)c(F)c1. The number of halogens is 3. The number of rotatable bonds is 4. The van der Waals surface area contributed by atoms with Crippen LogP contribution >= 0.6 is 0 Å². The lowest BCUT2D eigenvalue weighted by atomic mass is 10.1. The van der Waals surface area contributed by atoms with E-state index in [9.17, 15) is 13.2 Å². The highest BCUT2D eigenvalue weighted by molar-refractivity contribution is 5.36. The van der Waals surface area contributed by atoms with Crippen LogP contribution in [-0.2, 0) is 11.3 Å². The highest BCUT2D eigenvalue weighted by Gasteiger charge is 2.06. The molecule has 0 saturated carbocycles. The van der Waals surface area contributed by atoms with E-state index < -0.39 is 18.8 Å². The Hall–Kier alpha value is -1.51. The Bertz CT molecular complexity index is 421. The van der Waals surface area contributed by atoms with Crippen molar-refractivity contribution in [2.45, 2.75) is 13.0 Å². The standard InChI is InChI=1S/C12H11F3O2/c13-11-6-9(2-1-5-16)3-4-10(11)7-17-8-12(14)15/h3-4,6,12,16H,5,7-8H2. The number of alkyl halides is 2. The van der Waals surface area contributed by atoms with Gasteiger partial charge < -0.3 is 9.84 Å². The first-order valence-corrected chi connectivity index (χ1v) is 4.87. The number of hydrogen-bond acceptors (Lipinski definition) is 2. The van der Waals surface area contributed by atoms with Crippen LogP contribution in [0.4, 0.5) is 13.2 Å². The molecule has 0 heterocycles. The third-order valence-electron chi connectivity index (χ3n) is 1.87. The average Bonchev–Trinajstić information content (AvgIpc) is 2.28. The van der Waals surface area contributed by atoms with Crippen molar-refractivity contribution in [3.05, 3.63) is 35.1 Å². The second-order valence-corrected chi connectivity index (χ2v) is 3.17. The van der Waals surface area contributed by atoms with Gasteiger partial charge in [0.25, 0.3) is 6.43 Å². The van der Waals surface area contributed by atoms with E-state index in [4.69, 9.17) is 5.11 Å². The van der Waals surface area contributed by atoms with Gasteiger partial charge in [0.2, 0.25) is 0 Å². The van der Waals surface area contributed by atoms with Crippen LogP contribution in [0.15, 0.2) is 18.2 Å². The first-order chi connectivity index (χ1) is 8.13. The van der Waals surface area contributed by atoms with Crippen molar-refractivity contribution in [3.8, 4) is 11.8 Å². The summed E-state index contributed by atoms with van der Waals surface area (Å²) >= 11 is 0. The largest absolute Gasteiger partial charge is 0.384 e. The summed E-state index contributed by atoms with van der Waals surface area (Å²) in [6.45, 7) is -1.23. The summed E-state index contributed by atoms with van der Waals surface area (Å²) < 4.78 is 41.6. The van der Waals surface area contributed by atoms with Crippen molar-refractivity contribution < 1.29 is 23.0 Å². The Morgan fingerprint density at radius 2 is 2.12 bits per heavy atom. The summed E-state index contributed by atoms with van der Waals surface area (Å²) in [6, 6.07) is 4.12. The zero-order valence-corrected chi connectivity index (χ0v) is 8.92. The van der Waals surface area contributed by atoms with Crippen LogP contribution < -0.4 is 0 Å². The molecule has 92 valence electrons. The molecule has 0 aromatic heterocycles.